The number of hydrogen-bond donors (Lipinski definition) is 1. The second-order valence-electron chi connectivity index (χ2n) is 4.41. The van der Waals surface area contributed by atoms with E-state index < -0.39 is 25.3 Å². The second kappa shape index (κ2) is 6.87. The van der Waals surface area contributed by atoms with Crippen LogP contribution in [0.2, 0.25) is 5.02 Å². The first-order valence-corrected chi connectivity index (χ1v) is 9.38. The molecule has 0 aliphatic heterocycles. The molecule has 0 fully saturated rings. The van der Waals surface area contributed by atoms with Gasteiger partial charge in [0.05, 0.1) is 5.69 Å². The number of benzene rings is 2. The molecule has 24 heavy (non-hydrogen) atoms. The standard InChI is InChI=1S/C13H11ClN2O6S2/c14-11-5-7-12(8-6-11)16(15)24(20,21)22-23(18,19)13-4-2-1-3-10(13)9-17/h1-9H,15H2. The van der Waals surface area contributed by atoms with Gasteiger partial charge in [-0.05, 0) is 30.3 Å². The minimum atomic E-state index is -4.89. The molecule has 0 radical (unpaired) electrons. The molecule has 2 aromatic carbocycles. The van der Waals surface area contributed by atoms with E-state index in [-0.39, 0.29) is 22.0 Å². The van der Waals surface area contributed by atoms with Crippen LogP contribution in [0.4, 0.5) is 5.69 Å². The Morgan fingerprint density at radius 2 is 1.58 bits per heavy atom. The second-order valence-corrected chi connectivity index (χ2v) is 7.99. The lowest BCUT2D eigenvalue weighted by Crippen LogP contribution is -2.39. The average molecular weight is 391 g/mol. The summed E-state index contributed by atoms with van der Waals surface area (Å²) >= 11 is 5.68. The maximum Gasteiger partial charge on any atom is 0.390 e. The molecule has 11 heteroatoms. The summed E-state index contributed by atoms with van der Waals surface area (Å²) in [6.07, 6.45) is 0.266. The van der Waals surface area contributed by atoms with Gasteiger partial charge in [0.25, 0.3) is 0 Å². The molecular weight excluding hydrogens is 380 g/mol. The Morgan fingerprint density at radius 1 is 1.00 bits per heavy atom. The highest BCUT2D eigenvalue weighted by Gasteiger charge is 2.31. The Morgan fingerprint density at radius 3 is 2.17 bits per heavy atom. The SMILES string of the molecule is NN(c1ccc(Cl)cc1)S(=O)(=O)OS(=O)(=O)c1ccccc1C=O. The maximum absolute atomic E-state index is 12.2. The van der Waals surface area contributed by atoms with Crippen LogP contribution in [0.5, 0.6) is 0 Å². The molecule has 2 rings (SSSR count). The minimum absolute atomic E-state index is 0.0710. The van der Waals surface area contributed by atoms with Crippen molar-refractivity contribution in [2.45, 2.75) is 4.90 Å². The Kier molecular flexibility index (Phi) is 5.26. The molecule has 0 atom stereocenters. The zero-order valence-electron chi connectivity index (χ0n) is 11.9. The van der Waals surface area contributed by atoms with Crippen LogP contribution in [0, 0.1) is 0 Å². The molecule has 0 spiro atoms. The minimum Gasteiger partial charge on any atom is -0.298 e. The van der Waals surface area contributed by atoms with E-state index in [4.69, 9.17) is 17.4 Å². The van der Waals surface area contributed by atoms with E-state index in [1.807, 2.05) is 0 Å². The number of anilines is 1. The number of hydrazine groups is 1. The highest BCUT2D eigenvalue weighted by molar-refractivity contribution is 8.00. The van der Waals surface area contributed by atoms with Gasteiger partial charge in [-0.2, -0.15) is 21.2 Å². The lowest BCUT2D eigenvalue weighted by atomic mass is 10.2. The van der Waals surface area contributed by atoms with Crippen molar-refractivity contribution in [2.24, 2.45) is 5.84 Å². The number of carbonyl (C=O) groups excluding carboxylic acids is 1. The van der Waals surface area contributed by atoms with Crippen LogP contribution in [0.1, 0.15) is 10.4 Å². The molecule has 2 N–H and O–H groups in total. The first-order valence-electron chi connectivity index (χ1n) is 6.23. The van der Waals surface area contributed by atoms with Crippen LogP contribution >= 0.6 is 11.6 Å². The zero-order chi connectivity index (χ0) is 18.0. The molecular formula is C13H11ClN2O6S2. The third-order valence-corrected chi connectivity index (χ3v) is 6.07. The number of carbonyl (C=O) groups is 1. The monoisotopic (exact) mass is 390 g/mol. The highest BCUT2D eigenvalue weighted by Crippen LogP contribution is 2.23. The van der Waals surface area contributed by atoms with Crippen LogP contribution in [-0.4, -0.2) is 23.1 Å². The van der Waals surface area contributed by atoms with Crippen molar-refractivity contribution in [3.8, 4) is 0 Å². The van der Waals surface area contributed by atoms with Gasteiger partial charge in [-0.1, -0.05) is 29.8 Å². The number of nitrogens with two attached hydrogens (primary N) is 1. The predicted octanol–water partition coefficient (Wildman–Crippen LogP) is 1.48. The van der Waals surface area contributed by atoms with E-state index in [0.717, 1.165) is 6.07 Å². The molecule has 2 aromatic rings. The average Bonchev–Trinajstić information content (AvgIpc) is 2.54. The van der Waals surface area contributed by atoms with Crippen LogP contribution in [0.15, 0.2) is 53.4 Å². The highest BCUT2D eigenvalue weighted by atomic mass is 35.5. The van der Waals surface area contributed by atoms with Crippen molar-refractivity contribution >= 4 is 44.0 Å². The number of hydrogen-bond acceptors (Lipinski definition) is 7. The summed E-state index contributed by atoms with van der Waals surface area (Å²) < 4.78 is 52.9. The molecule has 8 nitrogen and oxygen atoms in total. The van der Waals surface area contributed by atoms with Crippen molar-refractivity contribution in [3.05, 3.63) is 59.1 Å². The van der Waals surface area contributed by atoms with E-state index >= 15 is 0 Å². The van der Waals surface area contributed by atoms with Crippen LogP contribution < -0.4 is 10.3 Å². The number of halogens is 1. The van der Waals surface area contributed by atoms with Gasteiger partial charge in [0.15, 0.2) is 6.29 Å². The lowest BCUT2D eigenvalue weighted by molar-refractivity contribution is 0.112. The van der Waals surface area contributed by atoms with Crippen molar-refractivity contribution in [1.29, 1.82) is 0 Å². The van der Waals surface area contributed by atoms with Crippen LogP contribution in [0.25, 0.3) is 0 Å². The lowest BCUT2D eigenvalue weighted by Gasteiger charge is -2.17. The van der Waals surface area contributed by atoms with Crippen LogP contribution in [0.3, 0.4) is 0 Å². The molecule has 0 aromatic heterocycles. The summed E-state index contributed by atoms with van der Waals surface area (Å²) in [7, 11) is -9.68. The fourth-order valence-corrected chi connectivity index (χ4v) is 4.32. The molecule has 0 unspecified atom stereocenters. The Balaban J connectivity index is 2.37. The third kappa shape index (κ3) is 3.91. The molecule has 0 bridgehead atoms. The van der Waals surface area contributed by atoms with E-state index in [0.29, 0.717) is 5.02 Å². The zero-order valence-corrected chi connectivity index (χ0v) is 14.3. The van der Waals surface area contributed by atoms with Crippen molar-refractivity contribution in [1.82, 2.24) is 0 Å². The van der Waals surface area contributed by atoms with Crippen molar-refractivity contribution in [2.75, 3.05) is 4.41 Å². The molecule has 0 saturated heterocycles. The van der Waals surface area contributed by atoms with E-state index in [1.54, 1.807) is 0 Å². The Hall–Kier alpha value is -1.98. The molecule has 0 aliphatic carbocycles. The quantitative estimate of drug-likeness (QED) is 0.450. The van der Waals surface area contributed by atoms with E-state index in [2.05, 4.69) is 3.63 Å². The molecule has 0 heterocycles. The fraction of sp³-hybridized carbons (Fsp3) is 0. The normalized spacial score (nSPS) is 11.9. The number of nitrogens with zero attached hydrogens (tertiary/aromatic N) is 1. The Labute approximate surface area is 143 Å². The van der Waals surface area contributed by atoms with Gasteiger partial charge in [-0.3, -0.25) is 4.79 Å². The van der Waals surface area contributed by atoms with Gasteiger partial charge in [-0.15, -0.1) is 3.63 Å². The topological polar surface area (TPSA) is 124 Å². The molecule has 0 aliphatic rings. The molecule has 0 amide bonds. The van der Waals surface area contributed by atoms with Gasteiger partial charge in [-0.25, -0.2) is 5.84 Å². The maximum atomic E-state index is 12.2. The third-order valence-electron chi connectivity index (χ3n) is 2.81. The summed E-state index contributed by atoms with van der Waals surface area (Å²) in [4.78, 5) is 10.3. The van der Waals surface area contributed by atoms with Gasteiger partial charge >= 0.3 is 20.4 Å². The van der Waals surface area contributed by atoms with E-state index in [1.165, 1.54) is 42.5 Å². The Bertz CT molecular complexity index is 958. The number of rotatable bonds is 6. The van der Waals surface area contributed by atoms with Gasteiger partial charge in [0, 0.05) is 10.6 Å². The molecule has 128 valence electrons. The largest absolute Gasteiger partial charge is 0.390 e. The van der Waals surface area contributed by atoms with Gasteiger partial charge in [0.1, 0.15) is 4.90 Å². The van der Waals surface area contributed by atoms with Gasteiger partial charge in [0.2, 0.25) is 0 Å². The van der Waals surface area contributed by atoms with Crippen LogP contribution in [-0.2, 0) is 24.1 Å². The molecule has 0 saturated carbocycles. The first kappa shape index (κ1) is 18.4. The summed E-state index contributed by atoms with van der Waals surface area (Å²) in [5.74, 6) is 5.42. The number of aldehydes is 1. The fourth-order valence-electron chi connectivity index (χ4n) is 1.71. The summed E-state index contributed by atoms with van der Waals surface area (Å²) in [5.41, 5.74) is -0.318. The first-order chi connectivity index (χ1) is 11.2. The smallest absolute Gasteiger partial charge is 0.298 e. The van der Waals surface area contributed by atoms with Crippen molar-refractivity contribution < 1.29 is 25.3 Å². The predicted molar refractivity (Wildman–Crippen MR) is 87.1 cm³/mol. The van der Waals surface area contributed by atoms with Gasteiger partial charge < -0.3 is 0 Å². The van der Waals surface area contributed by atoms with Crippen molar-refractivity contribution in [3.63, 3.8) is 0 Å². The summed E-state index contributed by atoms with van der Waals surface area (Å²) in [6.45, 7) is 0. The summed E-state index contributed by atoms with van der Waals surface area (Å²) in [5, 5.41) is 0.331. The summed E-state index contributed by atoms with van der Waals surface area (Å²) in [6, 6.07) is 10.2. The van der Waals surface area contributed by atoms with E-state index in [9.17, 15) is 21.6 Å².